The number of rotatable bonds is 6. The van der Waals surface area contributed by atoms with Gasteiger partial charge >= 0.3 is 0 Å². The third-order valence-corrected chi connectivity index (χ3v) is 3.31. The number of carbonyl (C=O) groups excluding carboxylic acids is 1. The SMILES string of the molecule is Cc1cnn(CCC(=O)Nc2ncn(Cc3ccccc3)n2)c1. The van der Waals surface area contributed by atoms with Gasteiger partial charge in [0, 0.05) is 19.2 Å². The maximum atomic E-state index is 11.9. The number of nitrogens with zero attached hydrogens (tertiary/aromatic N) is 5. The molecule has 3 aromatic rings. The highest BCUT2D eigenvalue weighted by molar-refractivity contribution is 5.88. The van der Waals surface area contributed by atoms with Gasteiger partial charge in [-0.25, -0.2) is 9.67 Å². The Morgan fingerprint density at radius 3 is 2.78 bits per heavy atom. The van der Waals surface area contributed by atoms with Crippen LogP contribution in [0, 0.1) is 6.92 Å². The number of anilines is 1. The fourth-order valence-electron chi connectivity index (χ4n) is 2.19. The number of hydrogen-bond acceptors (Lipinski definition) is 4. The lowest BCUT2D eigenvalue weighted by molar-refractivity contribution is -0.116. The van der Waals surface area contributed by atoms with E-state index in [1.54, 1.807) is 21.9 Å². The summed E-state index contributed by atoms with van der Waals surface area (Å²) in [6.07, 6.45) is 5.61. The maximum absolute atomic E-state index is 11.9. The molecular weight excluding hydrogens is 292 g/mol. The van der Waals surface area contributed by atoms with Crippen molar-refractivity contribution in [2.75, 3.05) is 5.32 Å². The van der Waals surface area contributed by atoms with E-state index in [2.05, 4.69) is 20.5 Å². The molecule has 0 saturated heterocycles. The summed E-state index contributed by atoms with van der Waals surface area (Å²) in [6, 6.07) is 9.97. The van der Waals surface area contributed by atoms with Crippen LogP contribution in [-0.2, 0) is 17.9 Å². The largest absolute Gasteiger partial charge is 0.293 e. The van der Waals surface area contributed by atoms with Crippen LogP contribution in [0.25, 0.3) is 0 Å². The van der Waals surface area contributed by atoms with Crippen molar-refractivity contribution in [2.24, 2.45) is 0 Å². The summed E-state index contributed by atoms with van der Waals surface area (Å²) in [5.74, 6) is 0.193. The predicted octanol–water partition coefficient (Wildman–Crippen LogP) is 1.86. The third-order valence-electron chi connectivity index (χ3n) is 3.31. The van der Waals surface area contributed by atoms with Crippen molar-refractivity contribution in [3.05, 3.63) is 60.2 Å². The lowest BCUT2D eigenvalue weighted by Gasteiger charge is -2.02. The molecule has 0 saturated carbocycles. The molecule has 1 N–H and O–H groups in total. The molecule has 0 fully saturated rings. The first-order valence-electron chi connectivity index (χ1n) is 7.41. The Balaban J connectivity index is 1.51. The second kappa shape index (κ2) is 6.87. The second-order valence-corrected chi connectivity index (χ2v) is 5.33. The van der Waals surface area contributed by atoms with Crippen LogP contribution in [0.15, 0.2) is 49.1 Å². The molecule has 118 valence electrons. The molecule has 2 heterocycles. The molecule has 7 nitrogen and oxygen atoms in total. The summed E-state index contributed by atoms with van der Waals surface area (Å²) in [5.41, 5.74) is 2.20. The highest BCUT2D eigenvalue weighted by Crippen LogP contribution is 2.04. The Morgan fingerprint density at radius 2 is 2.04 bits per heavy atom. The highest BCUT2D eigenvalue weighted by Gasteiger charge is 2.07. The zero-order chi connectivity index (χ0) is 16.1. The Labute approximate surface area is 134 Å². The molecule has 0 radical (unpaired) electrons. The summed E-state index contributed by atoms with van der Waals surface area (Å²) < 4.78 is 3.44. The topological polar surface area (TPSA) is 77.6 Å². The van der Waals surface area contributed by atoms with Crippen molar-refractivity contribution in [2.45, 2.75) is 26.4 Å². The number of carbonyl (C=O) groups is 1. The smallest absolute Gasteiger partial charge is 0.248 e. The number of aryl methyl sites for hydroxylation is 2. The molecule has 0 spiro atoms. The van der Waals surface area contributed by atoms with Crippen LogP contribution in [-0.4, -0.2) is 30.5 Å². The summed E-state index contributed by atoms with van der Waals surface area (Å²) in [5, 5.41) is 11.1. The van der Waals surface area contributed by atoms with Crippen molar-refractivity contribution < 1.29 is 4.79 Å². The van der Waals surface area contributed by atoms with E-state index in [0.29, 0.717) is 25.5 Å². The minimum atomic E-state index is -0.129. The number of benzene rings is 1. The zero-order valence-corrected chi connectivity index (χ0v) is 12.9. The molecular formula is C16H18N6O. The molecule has 1 amide bonds. The summed E-state index contributed by atoms with van der Waals surface area (Å²) in [7, 11) is 0. The summed E-state index contributed by atoms with van der Waals surface area (Å²) in [4.78, 5) is 16.0. The maximum Gasteiger partial charge on any atom is 0.248 e. The van der Waals surface area contributed by atoms with E-state index in [1.807, 2.05) is 43.5 Å². The molecule has 0 atom stereocenters. The first-order valence-corrected chi connectivity index (χ1v) is 7.41. The molecule has 0 aliphatic heterocycles. The Bertz CT molecular complexity index is 777. The van der Waals surface area contributed by atoms with Crippen molar-refractivity contribution in [3.63, 3.8) is 0 Å². The van der Waals surface area contributed by atoms with Gasteiger partial charge in [-0.1, -0.05) is 30.3 Å². The van der Waals surface area contributed by atoms with E-state index < -0.39 is 0 Å². The quantitative estimate of drug-likeness (QED) is 0.754. The average molecular weight is 310 g/mol. The van der Waals surface area contributed by atoms with Crippen LogP contribution in [0.5, 0.6) is 0 Å². The van der Waals surface area contributed by atoms with E-state index >= 15 is 0 Å². The summed E-state index contributed by atoms with van der Waals surface area (Å²) in [6.45, 7) is 3.12. The summed E-state index contributed by atoms with van der Waals surface area (Å²) >= 11 is 0. The second-order valence-electron chi connectivity index (χ2n) is 5.33. The van der Waals surface area contributed by atoms with Crippen LogP contribution in [0.1, 0.15) is 17.5 Å². The van der Waals surface area contributed by atoms with Gasteiger partial charge in [0.15, 0.2) is 0 Å². The van der Waals surface area contributed by atoms with Gasteiger partial charge in [-0.05, 0) is 18.1 Å². The van der Waals surface area contributed by atoms with Crippen LogP contribution in [0.4, 0.5) is 5.95 Å². The van der Waals surface area contributed by atoms with Crippen LogP contribution >= 0.6 is 0 Å². The number of amides is 1. The molecule has 0 aliphatic carbocycles. The third kappa shape index (κ3) is 4.26. The van der Waals surface area contributed by atoms with Crippen LogP contribution in [0.2, 0.25) is 0 Å². The lowest BCUT2D eigenvalue weighted by atomic mass is 10.2. The fourth-order valence-corrected chi connectivity index (χ4v) is 2.19. The normalized spacial score (nSPS) is 10.7. The Hall–Kier alpha value is -2.96. The van der Waals surface area contributed by atoms with Gasteiger partial charge in [0.2, 0.25) is 11.9 Å². The van der Waals surface area contributed by atoms with E-state index in [9.17, 15) is 4.79 Å². The molecule has 1 aromatic carbocycles. The van der Waals surface area contributed by atoms with Gasteiger partial charge in [-0.15, -0.1) is 5.10 Å². The first kappa shape index (κ1) is 15.0. The van der Waals surface area contributed by atoms with Gasteiger partial charge in [-0.3, -0.25) is 14.8 Å². The van der Waals surface area contributed by atoms with Gasteiger partial charge in [0.25, 0.3) is 0 Å². The number of nitrogens with one attached hydrogen (secondary N) is 1. The Morgan fingerprint density at radius 1 is 1.22 bits per heavy atom. The fraction of sp³-hybridized carbons (Fsp3) is 0.250. The molecule has 2 aromatic heterocycles. The minimum absolute atomic E-state index is 0.129. The van der Waals surface area contributed by atoms with Crippen LogP contribution in [0.3, 0.4) is 0 Å². The van der Waals surface area contributed by atoms with Gasteiger partial charge in [-0.2, -0.15) is 5.10 Å². The monoisotopic (exact) mass is 310 g/mol. The minimum Gasteiger partial charge on any atom is -0.293 e. The van der Waals surface area contributed by atoms with Crippen molar-refractivity contribution in [1.82, 2.24) is 24.5 Å². The van der Waals surface area contributed by atoms with Gasteiger partial charge in [0.1, 0.15) is 6.33 Å². The van der Waals surface area contributed by atoms with E-state index in [-0.39, 0.29) is 5.91 Å². The Kier molecular flexibility index (Phi) is 4.46. The average Bonchev–Trinajstić information content (AvgIpc) is 3.15. The van der Waals surface area contributed by atoms with Gasteiger partial charge in [0.05, 0.1) is 12.7 Å². The van der Waals surface area contributed by atoms with E-state index in [0.717, 1.165) is 11.1 Å². The predicted molar refractivity (Wildman–Crippen MR) is 85.8 cm³/mol. The van der Waals surface area contributed by atoms with E-state index in [4.69, 9.17) is 0 Å². The molecule has 23 heavy (non-hydrogen) atoms. The van der Waals surface area contributed by atoms with E-state index in [1.165, 1.54) is 0 Å². The first-order chi connectivity index (χ1) is 11.2. The lowest BCUT2D eigenvalue weighted by Crippen LogP contribution is -2.16. The molecule has 0 aliphatic rings. The van der Waals surface area contributed by atoms with Crippen molar-refractivity contribution in [3.8, 4) is 0 Å². The molecule has 7 heteroatoms. The van der Waals surface area contributed by atoms with Crippen LogP contribution < -0.4 is 5.32 Å². The highest BCUT2D eigenvalue weighted by atomic mass is 16.1. The van der Waals surface area contributed by atoms with Crippen molar-refractivity contribution in [1.29, 1.82) is 0 Å². The molecule has 0 bridgehead atoms. The molecule has 3 rings (SSSR count). The standard InChI is InChI=1S/C16H18N6O/c1-13-9-18-21(10-13)8-7-15(23)19-16-17-12-22(20-16)11-14-5-3-2-4-6-14/h2-6,9-10,12H,7-8,11H2,1H3,(H,19,20,23). The molecule has 0 unspecified atom stereocenters. The number of hydrogen-bond donors (Lipinski definition) is 1. The van der Waals surface area contributed by atoms with Gasteiger partial charge < -0.3 is 0 Å². The zero-order valence-electron chi connectivity index (χ0n) is 12.9. The van der Waals surface area contributed by atoms with Crippen molar-refractivity contribution >= 4 is 11.9 Å². The number of aromatic nitrogens is 5.